The monoisotopic (exact) mass is 458 g/mol. The van der Waals surface area contributed by atoms with E-state index in [1.165, 1.54) is 4.68 Å². The van der Waals surface area contributed by atoms with Gasteiger partial charge in [0.05, 0.1) is 22.3 Å². The lowest BCUT2D eigenvalue weighted by Gasteiger charge is -2.23. The van der Waals surface area contributed by atoms with Gasteiger partial charge in [-0.05, 0) is 43.0 Å². The number of hydrogen-bond donors (Lipinski definition) is 1. The predicted molar refractivity (Wildman–Crippen MR) is 121 cm³/mol. The van der Waals surface area contributed by atoms with Gasteiger partial charge in [-0.2, -0.15) is 5.10 Å². The third kappa shape index (κ3) is 4.04. The Labute approximate surface area is 186 Å². The molecule has 168 valence electrons. The van der Waals surface area contributed by atoms with Crippen LogP contribution in [0.5, 0.6) is 0 Å². The lowest BCUT2D eigenvalue weighted by Crippen LogP contribution is -2.21. The largest absolute Gasteiger partial charge is 0.285 e. The molecule has 1 aromatic carbocycles. The van der Waals surface area contributed by atoms with Crippen LogP contribution >= 0.6 is 0 Å². The predicted octanol–water partition coefficient (Wildman–Crippen LogP) is 4.75. The van der Waals surface area contributed by atoms with Gasteiger partial charge in [-0.3, -0.25) is 9.71 Å². The Morgan fingerprint density at radius 2 is 1.81 bits per heavy atom. The second-order valence-corrected chi connectivity index (χ2v) is 10.5. The molecule has 0 bridgehead atoms. The fraction of sp³-hybridized carbons (Fsp3) is 0.304. The number of aryl methyl sites for hydroxylation is 1. The summed E-state index contributed by atoms with van der Waals surface area (Å²) in [6.07, 6.45) is 10.0. The van der Waals surface area contributed by atoms with Gasteiger partial charge in [-0.25, -0.2) is 21.9 Å². The smallest absolute Gasteiger partial charge is 0.263 e. The van der Waals surface area contributed by atoms with Gasteiger partial charge >= 0.3 is 0 Å². The van der Waals surface area contributed by atoms with Crippen LogP contribution in [0, 0.1) is 18.6 Å². The Morgan fingerprint density at radius 3 is 2.47 bits per heavy atom. The number of halogens is 2. The van der Waals surface area contributed by atoms with Gasteiger partial charge in [-0.15, -0.1) is 0 Å². The molecule has 0 radical (unpaired) electrons. The summed E-state index contributed by atoms with van der Waals surface area (Å²) in [5, 5.41) is 4.43. The van der Waals surface area contributed by atoms with E-state index in [-0.39, 0.29) is 17.4 Å². The molecule has 2 aromatic rings. The van der Waals surface area contributed by atoms with Gasteiger partial charge in [0.25, 0.3) is 10.0 Å². The minimum atomic E-state index is -4.28. The summed E-state index contributed by atoms with van der Waals surface area (Å²) in [5.41, 5.74) is 1.20. The Bertz CT molecular complexity index is 1290. The van der Waals surface area contributed by atoms with E-state index < -0.39 is 32.0 Å². The first-order chi connectivity index (χ1) is 15.0. The number of aliphatic imine (C=N–C) groups is 1. The number of aromatic nitrogens is 2. The third-order valence-electron chi connectivity index (χ3n) is 5.29. The van der Waals surface area contributed by atoms with E-state index in [1.807, 2.05) is 24.3 Å². The van der Waals surface area contributed by atoms with E-state index in [0.29, 0.717) is 11.4 Å². The third-order valence-corrected chi connectivity index (χ3v) is 6.63. The highest BCUT2D eigenvalue weighted by molar-refractivity contribution is 7.92. The molecule has 0 amide bonds. The van der Waals surface area contributed by atoms with Crippen molar-refractivity contribution in [1.82, 2.24) is 9.78 Å². The average Bonchev–Trinajstić information content (AvgIpc) is 3.05. The maximum atomic E-state index is 14.6. The van der Waals surface area contributed by atoms with Crippen molar-refractivity contribution in [2.75, 3.05) is 4.72 Å². The molecule has 0 fully saturated rings. The first-order valence-corrected chi connectivity index (χ1v) is 11.7. The van der Waals surface area contributed by atoms with Crippen molar-refractivity contribution in [3.05, 3.63) is 71.0 Å². The first-order valence-electron chi connectivity index (χ1n) is 10.2. The molecule has 1 unspecified atom stereocenters. The molecule has 0 saturated heterocycles. The standard InChI is InChI=1S/C23H24F2N4O2S/c1-14-11-21(29(27-14)20-9-5-8-19-16(20)7-6-10-26-19)28-32(30,31)15-12-17(24)22(18(25)13-15)23(2,3)4/h5-7,9-13,19,28H,8H2,1-4H3. The van der Waals surface area contributed by atoms with Crippen LogP contribution in [0.3, 0.4) is 0 Å². The zero-order valence-electron chi connectivity index (χ0n) is 18.2. The molecular formula is C23H24F2N4O2S. The molecular weight excluding hydrogens is 434 g/mol. The minimum Gasteiger partial charge on any atom is -0.285 e. The van der Waals surface area contributed by atoms with Crippen LogP contribution in [0.15, 0.2) is 58.0 Å². The highest BCUT2D eigenvalue weighted by Crippen LogP contribution is 2.33. The van der Waals surface area contributed by atoms with Crippen molar-refractivity contribution < 1.29 is 17.2 Å². The number of rotatable bonds is 4. The van der Waals surface area contributed by atoms with Crippen molar-refractivity contribution in [2.45, 2.75) is 50.5 Å². The maximum absolute atomic E-state index is 14.6. The summed E-state index contributed by atoms with van der Waals surface area (Å²) in [4.78, 5) is 3.95. The van der Waals surface area contributed by atoms with E-state index in [9.17, 15) is 17.2 Å². The normalized spacial score (nSPS) is 18.2. The van der Waals surface area contributed by atoms with Crippen LogP contribution in [-0.4, -0.2) is 30.5 Å². The number of fused-ring (bicyclic) bond motifs is 1. The molecule has 0 spiro atoms. The number of sulfonamides is 1. The highest BCUT2D eigenvalue weighted by atomic mass is 32.2. The quantitative estimate of drug-likeness (QED) is 0.719. The molecule has 6 nitrogen and oxygen atoms in total. The summed E-state index contributed by atoms with van der Waals surface area (Å²) >= 11 is 0. The van der Waals surface area contributed by atoms with Crippen molar-refractivity contribution >= 4 is 27.8 Å². The lowest BCUT2D eigenvalue weighted by atomic mass is 9.86. The molecule has 1 aliphatic heterocycles. The molecule has 0 saturated carbocycles. The van der Waals surface area contributed by atoms with Gasteiger partial charge in [-0.1, -0.05) is 32.9 Å². The fourth-order valence-corrected chi connectivity index (χ4v) is 4.96. The van der Waals surface area contributed by atoms with Gasteiger partial charge in [0.2, 0.25) is 0 Å². The summed E-state index contributed by atoms with van der Waals surface area (Å²) in [7, 11) is -4.28. The topological polar surface area (TPSA) is 76.3 Å². The average molecular weight is 459 g/mol. The molecule has 32 heavy (non-hydrogen) atoms. The molecule has 1 aliphatic carbocycles. The highest BCUT2D eigenvalue weighted by Gasteiger charge is 2.28. The molecule has 2 heterocycles. The lowest BCUT2D eigenvalue weighted by molar-refractivity contribution is 0.471. The molecule has 1 N–H and O–H groups in total. The van der Waals surface area contributed by atoms with Crippen molar-refractivity contribution in [3.63, 3.8) is 0 Å². The second kappa shape index (κ2) is 7.81. The second-order valence-electron chi connectivity index (χ2n) is 8.85. The van der Waals surface area contributed by atoms with Crippen molar-refractivity contribution in [2.24, 2.45) is 4.99 Å². The zero-order chi connectivity index (χ0) is 23.3. The SMILES string of the molecule is Cc1cc(NS(=O)(=O)c2cc(F)c(C(C)(C)C)c(F)c2)n(C2=C3C=CC=NC3CC=C2)n1. The van der Waals surface area contributed by atoms with Crippen LogP contribution in [0.2, 0.25) is 0 Å². The van der Waals surface area contributed by atoms with E-state index >= 15 is 0 Å². The Hall–Kier alpha value is -3.07. The van der Waals surface area contributed by atoms with Gasteiger partial charge in [0.1, 0.15) is 17.5 Å². The zero-order valence-corrected chi connectivity index (χ0v) is 19.0. The molecule has 4 rings (SSSR count). The Kier molecular flexibility index (Phi) is 5.40. The van der Waals surface area contributed by atoms with E-state index in [4.69, 9.17) is 0 Å². The van der Waals surface area contributed by atoms with Crippen LogP contribution in [-0.2, 0) is 15.4 Å². The van der Waals surface area contributed by atoms with Gasteiger partial charge in [0.15, 0.2) is 0 Å². The van der Waals surface area contributed by atoms with Crippen LogP contribution in [0.4, 0.5) is 14.6 Å². The Morgan fingerprint density at radius 1 is 1.12 bits per heavy atom. The summed E-state index contributed by atoms with van der Waals surface area (Å²) < 4.78 is 59.3. The molecule has 1 aromatic heterocycles. The maximum Gasteiger partial charge on any atom is 0.263 e. The summed E-state index contributed by atoms with van der Waals surface area (Å²) in [6.45, 7) is 6.71. The number of anilines is 1. The van der Waals surface area contributed by atoms with Crippen LogP contribution in [0.1, 0.15) is 38.4 Å². The summed E-state index contributed by atoms with van der Waals surface area (Å²) in [6, 6.07) is 3.18. The number of benzene rings is 1. The molecule has 9 heteroatoms. The van der Waals surface area contributed by atoms with Crippen LogP contribution < -0.4 is 4.72 Å². The molecule has 2 aliphatic rings. The number of nitrogens with one attached hydrogen (secondary N) is 1. The van der Waals surface area contributed by atoms with Gasteiger partial charge in [0, 0.05) is 23.4 Å². The van der Waals surface area contributed by atoms with E-state index in [0.717, 1.165) is 24.1 Å². The number of dihydropyridines is 1. The number of hydrogen-bond acceptors (Lipinski definition) is 4. The van der Waals surface area contributed by atoms with Gasteiger partial charge < -0.3 is 0 Å². The first kappa shape index (κ1) is 22.1. The Balaban J connectivity index is 1.75. The molecule has 1 atom stereocenters. The minimum absolute atomic E-state index is 0.0675. The fourth-order valence-electron chi connectivity index (χ4n) is 3.91. The van der Waals surface area contributed by atoms with Crippen LogP contribution in [0.25, 0.3) is 5.70 Å². The van der Waals surface area contributed by atoms with Crippen molar-refractivity contribution in [1.29, 1.82) is 0 Å². The van der Waals surface area contributed by atoms with Crippen molar-refractivity contribution in [3.8, 4) is 0 Å². The number of allylic oxidation sites excluding steroid dienone is 3. The van der Waals surface area contributed by atoms with E-state index in [2.05, 4.69) is 14.8 Å². The number of nitrogens with zero attached hydrogens (tertiary/aromatic N) is 3. The van der Waals surface area contributed by atoms with E-state index in [1.54, 1.807) is 40.0 Å². The summed E-state index contributed by atoms with van der Waals surface area (Å²) in [5.74, 6) is -1.65.